The minimum atomic E-state index is -0.440. The average molecular weight is 329 g/mol. The van der Waals surface area contributed by atoms with Gasteiger partial charge in [-0.2, -0.15) is 0 Å². The molecular formula is C15H21ClN2O2S. The molecule has 1 unspecified atom stereocenters. The fourth-order valence-corrected chi connectivity index (χ4v) is 2.38. The summed E-state index contributed by atoms with van der Waals surface area (Å²) in [5.41, 5.74) is 1.02. The van der Waals surface area contributed by atoms with Gasteiger partial charge >= 0.3 is 5.97 Å². The number of esters is 1. The third-order valence-corrected chi connectivity index (χ3v) is 3.37. The number of rotatable bonds is 6. The number of carbonyl (C=O) groups is 1. The van der Waals surface area contributed by atoms with Crippen molar-refractivity contribution in [2.45, 2.75) is 39.7 Å². The second-order valence-electron chi connectivity index (χ2n) is 4.70. The van der Waals surface area contributed by atoms with Gasteiger partial charge in [0.1, 0.15) is 0 Å². The van der Waals surface area contributed by atoms with Crippen molar-refractivity contribution in [1.29, 1.82) is 0 Å². The van der Waals surface area contributed by atoms with Crippen LogP contribution in [0, 0.1) is 0 Å². The van der Waals surface area contributed by atoms with Gasteiger partial charge in [-0.25, -0.2) is 4.79 Å². The van der Waals surface area contributed by atoms with Gasteiger partial charge in [0.2, 0.25) is 0 Å². The van der Waals surface area contributed by atoms with Crippen LogP contribution in [0.15, 0.2) is 18.2 Å². The molecule has 0 heterocycles. The first-order valence-electron chi connectivity index (χ1n) is 7.02. The summed E-state index contributed by atoms with van der Waals surface area (Å²) in [6.07, 6.45) is 2.13. The molecular weight excluding hydrogens is 308 g/mol. The normalized spacial score (nSPS) is 11.6. The Hall–Kier alpha value is -1.33. The van der Waals surface area contributed by atoms with Crippen LogP contribution >= 0.6 is 23.8 Å². The molecule has 0 aliphatic carbocycles. The van der Waals surface area contributed by atoms with Gasteiger partial charge in [-0.05, 0) is 50.7 Å². The van der Waals surface area contributed by atoms with E-state index in [4.69, 9.17) is 28.6 Å². The molecule has 1 aromatic carbocycles. The number of anilines is 1. The van der Waals surface area contributed by atoms with Crippen LogP contribution < -0.4 is 10.6 Å². The highest BCUT2D eigenvalue weighted by Crippen LogP contribution is 2.21. The lowest BCUT2D eigenvalue weighted by Crippen LogP contribution is -2.35. The number of thiocarbonyl (C=S) groups is 1. The zero-order valence-electron chi connectivity index (χ0n) is 12.5. The van der Waals surface area contributed by atoms with Crippen LogP contribution in [-0.2, 0) is 4.74 Å². The summed E-state index contributed by atoms with van der Waals surface area (Å²) >= 11 is 11.3. The van der Waals surface area contributed by atoms with Crippen molar-refractivity contribution >= 4 is 40.6 Å². The number of benzene rings is 1. The van der Waals surface area contributed by atoms with Gasteiger partial charge in [-0.15, -0.1) is 0 Å². The number of carbonyl (C=O) groups excluding carboxylic acids is 1. The van der Waals surface area contributed by atoms with E-state index in [-0.39, 0.29) is 0 Å². The maximum absolute atomic E-state index is 11.8. The standard InChI is InChI=1S/C15H21ClN2O2S/c1-4-6-10(3)17-15(21)18-11-7-8-13(16)12(9-11)14(19)20-5-2/h7-10H,4-6H2,1-3H3,(H2,17,18,21). The van der Waals surface area contributed by atoms with E-state index in [2.05, 4.69) is 24.5 Å². The van der Waals surface area contributed by atoms with Gasteiger partial charge in [-0.3, -0.25) is 0 Å². The van der Waals surface area contributed by atoms with Crippen molar-refractivity contribution in [2.24, 2.45) is 0 Å². The summed E-state index contributed by atoms with van der Waals surface area (Å²) in [7, 11) is 0. The largest absolute Gasteiger partial charge is 0.462 e. The van der Waals surface area contributed by atoms with E-state index in [1.165, 1.54) is 0 Å². The van der Waals surface area contributed by atoms with Crippen LogP contribution in [0.25, 0.3) is 0 Å². The van der Waals surface area contributed by atoms with E-state index < -0.39 is 5.97 Å². The maximum Gasteiger partial charge on any atom is 0.339 e. The van der Waals surface area contributed by atoms with Crippen LogP contribution in [0.2, 0.25) is 5.02 Å². The minimum Gasteiger partial charge on any atom is -0.462 e. The monoisotopic (exact) mass is 328 g/mol. The van der Waals surface area contributed by atoms with Crippen molar-refractivity contribution in [3.8, 4) is 0 Å². The summed E-state index contributed by atoms with van der Waals surface area (Å²) in [5.74, 6) is -0.440. The van der Waals surface area contributed by atoms with Crippen molar-refractivity contribution in [1.82, 2.24) is 5.32 Å². The second-order valence-corrected chi connectivity index (χ2v) is 5.52. The number of ether oxygens (including phenoxy) is 1. The molecule has 0 aliphatic rings. The summed E-state index contributed by atoms with van der Waals surface area (Å²) in [4.78, 5) is 11.8. The molecule has 0 aliphatic heterocycles. The highest BCUT2D eigenvalue weighted by molar-refractivity contribution is 7.80. The predicted molar refractivity (Wildman–Crippen MR) is 91.1 cm³/mol. The molecule has 116 valence electrons. The molecule has 0 fully saturated rings. The fourth-order valence-electron chi connectivity index (χ4n) is 1.86. The Kier molecular flexibility index (Phi) is 7.47. The van der Waals surface area contributed by atoms with Crippen molar-refractivity contribution in [3.63, 3.8) is 0 Å². The molecule has 0 aromatic heterocycles. The zero-order valence-corrected chi connectivity index (χ0v) is 14.1. The first kappa shape index (κ1) is 17.7. The van der Waals surface area contributed by atoms with Crippen LogP contribution in [0.1, 0.15) is 44.0 Å². The number of nitrogens with one attached hydrogen (secondary N) is 2. The molecule has 21 heavy (non-hydrogen) atoms. The molecule has 0 radical (unpaired) electrons. The quantitative estimate of drug-likeness (QED) is 0.611. The van der Waals surface area contributed by atoms with Gasteiger partial charge in [-0.1, -0.05) is 24.9 Å². The lowest BCUT2D eigenvalue weighted by atomic mass is 10.2. The third kappa shape index (κ3) is 5.89. The molecule has 1 aromatic rings. The van der Waals surface area contributed by atoms with Gasteiger partial charge < -0.3 is 15.4 Å². The van der Waals surface area contributed by atoms with Gasteiger partial charge in [0.15, 0.2) is 5.11 Å². The Morgan fingerprint density at radius 1 is 1.43 bits per heavy atom. The first-order valence-corrected chi connectivity index (χ1v) is 7.80. The molecule has 0 saturated carbocycles. The van der Waals surface area contributed by atoms with Gasteiger partial charge in [0.25, 0.3) is 0 Å². The summed E-state index contributed by atoms with van der Waals surface area (Å²) in [6, 6.07) is 5.35. The summed E-state index contributed by atoms with van der Waals surface area (Å²) in [6.45, 7) is 6.26. The SMILES string of the molecule is CCCC(C)NC(=S)Nc1ccc(Cl)c(C(=O)OCC)c1. The summed E-state index contributed by atoms with van der Waals surface area (Å²) in [5, 5.41) is 7.12. The molecule has 2 N–H and O–H groups in total. The zero-order chi connectivity index (χ0) is 15.8. The third-order valence-electron chi connectivity index (χ3n) is 2.82. The fraction of sp³-hybridized carbons (Fsp3) is 0.467. The van der Waals surface area contributed by atoms with E-state index in [1.54, 1.807) is 25.1 Å². The summed E-state index contributed by atoms with van der Waals surface area (Å²) < 4.78 is 4.97. The molecule has 0 saturated heterocycles. The lowest BCUT2D eigenvalue weighted by molar-refractivity contribution is 0.0526. The second kappa shape index (κ2) is 8.85. The molecule has 0 bridgehead atoms. The molecule has 4 nitrogen and oxygen atoms in total. The Labute approximate surface area is 136 Å². The average Bonchev–Trinajstić information content (AvgIpc) is 2.41. The van der Waals surface area contributed by atoms with E-state index in [0.29, 0.717) is 34.0 Å². The molecule has 0 amide bonds. The van der Waals surface area contributed by atoms with Crippen molar-refractivity contribution in [2.75, 3.05) is 11.9 Å². The molecule has 0 spiro atoms. The smallest absolute Gasteiger partial charge is 0.339 e. The molecule has 1 atom stereocenters. The van der Waals surface area contributed by atoms with Gasteiger partial charge in [0, 0.05) is 11.7 Å². The Morgan fingerprint density at radius 2 is 2.14 bits per heavy atom. The van der Waals surface area contributed by atoms with Crippen LogP contribution in [-0.4, -0.2) is 23.7 Å². The maximum atomic E-state index is 11.8. The van der Waals surface area contributed by atoms with Crippen LogP contribution in [0.5, 0.6) is 0 Å². The molecule has 1 rings (SSSR count). The predicted octanol–water partition coefficient (Wildman–Crippen LogP) is 3.99. The Balaban J connectivity index is 2.74. The van der Waals surface area contributed by atoms with Crippen LogP contribution in [0.3, 0.4) is 0 Å². The van der Waals surface area contributed by atoms with E-state index in [0.717, 1.165) is 12.8 Å². The minimum absolute atomic E-state index is 0.298. The van der Waals surface area contributed by atoms with Crippen molar-refractivity contribution < 1.29 is 9.53 Å². The Bertz CT molecular complexity index is 508. The number of halogens is 1. The number of hydrogen-bond donors (Lipinski definition) is 2. The first-order chi connectivity index (χ1) is 9.97. The van der Waals surface area contributed by atoms with E-state index in [1.807, 2.05) is 0 Å². The topological polar surface area (TPSA) is 50.4 Å². The highest BCUT2D eigenvalue weighted by atomic mass is 35.5. The van der Waals surface area contributed by atoms with Gasteiger partial charge in [0.05, 0.1) is 17.2 Å². The molecule has 6 heteroatoms. The van der Waals surface area contributed by atoms with Crippen molar-refractivity contribution in [3.05, 3.63) is 28.8 Å². The Morgan fingerprint density at radius 3 is 2.76 bits per heavy atom. The highest BCUT2D eigenvalue weighted by Gasteiger charge is 2.13. The van der Waals surface area contributed by atoms with E-state index in [9.17, 15) is 4.79 Å². The lowest BCUT2D eigenvalue weighted by Gasteiger charge is -2.16. The van der Waals surface area contributed by atoms with Crippen LogP contribution in [0.4, 0.5) is 5.69 Å². The van der Waals surface area contributed by atoms with E-state index >= 15 is 0 Å². The number of hydrogen-bond acceptors (Lipinski definition) is 3.